The van der Waals surface area contributed by atoms with Gasteiger partial charge in [0.25, 0.3) is 0 Å². The van der Waals surface area contributed by atoms with Gasteiger partial charge in [-0.1, -0.05) is 0 Å². The van der Waals surface area contributed by atoms with E-state index < -0.39 is 18.2 Å². The molecular weight excluding hydrogens is 227 g/mol. The monoisotopic (exact) mass is 234 g/mol. The number of carboxylic acids is 1. The third kappa shape index (κ3) is 9.69. The fourth-order valence-corrected chi connectivity index (χ4v) is 0.509. The largest absolute Gasteiger partial charge is 0.481 e. The molecule has 0 saturated carbocycles. The third-order valence-corrected chi connectivity index (χ3v) is 0.795. The van der Waals surface area contributed by atoms with Gasteiger partial charge in [0.1, 0.15) is 12.2 Å². The molecule has 0 aromatic carbocycles. The van der Waals surface area contributed by atoms with Crippen molar-refractivity contribution in [2.24, 2.45) is 0 Å². The van der Waals surface area contributed by atoms with Crippen molar-refractivity contribution in [3.63, 3.8) is 0 Å². The van der Waals surface area contributed by atoms with Crippen LogP contribution in [0.2, 0.25) is 0 Å². The molecule has 0 aromatic heterocycles. The number of rotatable bonds is 4. The van der Waals surface area contributed by atoms with E-state index in [9.17, 15) is 14.4 Å². The Labute approximate surface area is 83.1 Å². The van der Waals surface area contributed by atoms with Crippen LogP contribution < -0.4 is 0 Å². The fraction of sp³-hybridized carbons (Fsp3) is 0.500. The molecule has 4 nitrogen and oxygen atoms in total. The first-order valence-corrected chi connectivity index (χ1v) is 2.75. The Morgan fingerprint density at radius 3 is 1.91 bits per heavy atom. The van der Waals surface area contributed by atoms with Gasteiger partial charge in [-0.25, -0.2) is 0 Å². The summed E-state index contributed by atoms with van der Waals surface area (Å²) in [6.45, 7) is 1.25. The molecule has 0 atom stereocenters. The Morgan fingerprint density at radius 1 is 1.18 bits per heavy atom. The smallest absolute Gasteiger partial charge is 0.310 e. The van der Waals surface area contributed by atoms with Gasteiger partial charge in [0.2, 0.25) is 0 Å². The topological polar surface area (TPSA) is 71.4 Å². The summed E-state index contributed by atoms with van der Waals surface area (Å²) in [5.41, 5.74) is 0. The molecule has 0 amide bonds. The molecule has 0 aliphatic carbocycles. The number of ketones is 2. The first kappa shape index (κ1) is 13.3. The molecule has 60 valence electrons. The minimum absolute atomic E-state index is 0. The molecule has 0 unspecified atom stereocenters. The van der Waals surface area contributed by atoms with Crippen LogP contribution in [0.15, 0.2) is 0 Å². The summed E-state index contributed by atoms with van der Waals surface area (Å²) >= 11 is 0. The number of carbonyl (C=O) groups excluding carboxylic acids is 2. The summed E-state index contributed by atoms with van der Waals surface area (Å²) in [4.78, 5) is 30.5. The molecule has 0 heterocycles. The van der Waals surface area contributed by atoms with Crippen LogP contribution in [0, 0.1) is 0 Å². The van der Waals surface area contributed by atoms with E-state index in [0.29, 0.717) is 0 Å². The van der Waals surface area contributed by atoms with E-state index in [1.165, 1.54) is 6.92 Å². The number of carboxylic acid groups (broad SMARTS) is 1. The summed E-state index contributed by atoms with van der Waals surface area (Å²) in [6, 6.07) is 0. The molecule has 0 bridgehead atoms. The standard InChI is InChI=1S/C6H8O4.Zr/c1-4(7)2-5(8)3-6(9)10;/h2-3H2,1H3,(H,9,10);. The van der Waals surface area contributed by atoms with Crippen molar-refractivity contribution in [3.05, 3.63) is 0 Å². The van der Waals surface area contributed by atoms with Crippen molar-refractivity contribution in [3.8, 4) is 0 Å². The second-order valence-corrected chi connectivity index (χ2v) is 1.99. The van der Waals surface area contributed by atoms with Gasteiger partial charge >= 0.3 is 5.97 Å². The summed E-state index contributed by atoms with van der Waals surface area (Å²) in [6.07, 6.45) is -0.828. The Balaban J connectivity index is 0. The molecule has 0 rings (SSSR count). The molecule has 5 heteroatoms. The number of aliphatic carboxylic acids is 1. The van der Waals surface area contributed by atoms with Crippen LogP contribution in [-0.2, 0) is 40.6 Å². The Kier molecular flexibility index (Phi) is 7.74. The predicted molar refractivity (Wildman–Crippen MR) is 32.6 cm³/mol. The minimum atomic E-state index is -1.19. The predicted octanol–water partition coefficient (Wildman–Crippen LogP) is 0.00680. The quantitative estimate of drug-likeness (QED) is 0.697. The summed E-state index contributed by atoms with van der Waals surface area (Å²) in [7, 11) is 0. The maximum atomic E-state index is 10.5. The van der Waals surface area contributed by atoms with Crippen LogP contribution in [-0.4, -0.2) is 22.6 Å². The Bertz CT molecular complexity index is 157. The molecule has 0 saturated heterocycles. The molecule has 0 fully saturated rings. The van der Waals surface area contributed by atoms with Gasteiger partial charge in [-0.15, -0.1) is 0 Å². The van der Waals surface area contributed by atoms with E-state index in [2.05, 4.69) is 0 Å². The van der Waals surface area contributed by atoms with Crippen molar-refractivity contribution in [1.29, 1.82) is 0 Å². The van der Waals surface area contributed by atoms with E-state index in [1.54, 1.807) is 0 Å². The zero-order valence-electron chi connectivity index (χ0n) is 6.09. The van der Waals surface area contributed by atoms with E-state index in [-0.39, 0.29) is 38.4 Å². The normalized spacial score (nSPS) is 8.09. The summed E-state index contributed by atoms with van der Waals surface area (Å²) in [5, 5.41) is 8.06. The van der Waals surface area contributed by atoms with Crippen LogP contribution in [0.3, 0.4) is 0 Å². The van der Waals surface area contributed by atoms with Crippen LogP contribution in [0.4, 0.5) is 0 Å². The third-order valence-electron chi connectivity index (χ3n) is 0.795. The number of hydrogen-bond donors (Lipinski definition) is 1. The van der Waals surface area contributed by atoms with E-state index in [1.807, 2.05) is 0 Å². The molecule has 0 aromatic rings. The zero-order chi connectivity index (χ0) is 8.15. The van der Waals surface area contributed by atoms with Gasteiger partial charge in [0.05, 0.1) is 6.42 Å². The average Bonchev–Trinajstić information content (AvgIpc) is 1.58. The van der Waals surface area contributed by atoms with Crippen LogP contribution in [0.1, 0.15) is 19.8 Å². The molecular formula is C6H8O4Zr. The molecule has 0 spiro atoms. The van der Waals surface area contributed by atoms with Crippen molar-refractivity contribution < 1.29 is 45.7 Å². The van der Waals surface area contributed by atoms with Gasteiger partial charge in [0, 0.05) is 26.2 Å². The van der Waals surface area contributed by atoms with Crippen molar-refractivity contribution in [2.75, 3.05) is 0 Å². The summed E-state index contributed by atoms with van der Waals surface area (Å²) < 4.78 is 0. The first-order chi connectivity index (χ1) is 4.52. The van der Waals surface area contributed by atoms with E-state index in [0.717, 1.165) is 0 Å². The maximum absolute atomic E-state index is 10.5. The van der Waals surface area contributed by atoms with Gasteiger partial charge in [-0.05, 0) is 6.92 Å². The van der Waals surface area contributed by atoms with Crippen LogP contribution >= 0.6 is 0 Å². The van der Waals surface area contributed by atoms with Crippen LogP contribution in [0.5, 0.6) is 0 Å². The zero-order valence-corrected chi connectivity index (χ0v) is 8.54. The van der Waals surface area contributed by atoms with Crippen molar-refractivity contribution >= 4 is 17.5 Å². The maximum Gasteiger partial charge on any atom is 0.310 e. The molecule has 1 N–H and O–H groups in total. The Morgan fingerprint density at radius 2 is 1.64 bits per heavy atom. The van der Waals surface area contributed by atoms with E-state index >= 15 is 0 Å². The van der Waals surface area contributed by atoms with Gasteiger partial charge in [0.15, 0.2) is 5.78 Å². The van der Waals surface area contributed by atoms with Gasteiger partial charge in [-0.2, -0.15) is 0 Å². The SMILES string of the molecule is CC(=O)CC(=O)CC(=O)O.[Zr]. The fourth-order valence-electron chi connectivity index (χ4n) is 0.509. The molecule has 0 radical (unpaired) electrons. The van der Waals surface area contributed by atoms with Gasteiger partial charge < -0.3 is 5.11 Å². The molecule has 11 heavy (non-hydrogen) atoms. The number of Topliss-reactive ketones (excluding diaryl/α,β-unsaturated/α-hetero) is 2. The van der Waals surface area contributed by atoms with Crippen LogP contribution in [0.25, 0.3) is 0 Å². The second-order valence-electron chi connectivity index (χ2n) is 1.99. The van der Waals surface area contributed by atoms with E-state index in [4.69, 9.17) is 5.11 Å². The average molecular weight is 235 g/mol. The number of hydrogen-bond acceptors (Lipinski definition) is 3. The van der Waals surface area contributed by atoms with Crippen molar-refractivity contribution in [2.45, 2.75) is 19.8 Å². The molecule has 0 aliphatic heterocycles. The first-order valence-electron chi connectivity index (χ1n) is 2.75. The van der Waals surface area contributed by atoms with Gasteiger partial charge in [-0.3, -0.25) is 14.4 Å². The number of carbonyl (C=O) groups is 3. The Hall–Kier alpha value is -0.307. The minimum Gasteiger partial charge on any atom is -0.481 e. The summed E-state index contributed by atoms with van der Waals surface area (Å²) in [5.74, 6) is -2.03. The molecule has 0 aliphatic rings. The second kappa shape index (κ2) is 6.41. The van der Waals surface area contributed by atoms with Crippen molar-refractivity contribution in [1.82, 2.24) is 0 Å².